The van der Waals surface area contributed by atoms with Gasteiger partial charge in [0.2, 0.25) is 0 Å². The number of nitrogens with one attached hydrogen (secondary N) is 1. The normalized spacial score (nSPS) is 10.9. The molecule has 0 bridgehead atoms. The van der Waals surface area contributed by atoms with Gasteiger partial charge in [-0.3, -0.25) is 0 Å². The fourth-order valence-corrected chi connectivity index (χ4v) is 1.62. The first kappa shape index (κ1) is 8.01. The van der Waals surface area contributed by atoms with Crippen LogP contribution in [0.4, 0.5) is 4.39 Å². The average Bonchev–Trinajstić information content (AvgIpc) is 2.41. The molecule has 12 heavy (non-hydrogen) atoms. The van der Waals surface area contributed by atoms with Gasteiger partial charge < -0.3 is 4.98 Å². The van der Waals surface area contributed by atoms with Crippen LogP contribution in [0, 0.1) is 5.82 Å². The number of halogens is 3. The Balaban J connectivity index is 2.96. The standard InChI is InChI=1S/C7H3BrClFN2/c8-6-3(9)1-11-7-5(6)4(10)2-12-7/h1-2H,(H,11,12). The van der Waals surface area contributed by atoms with Gasteiger partial charge in [0, 0.05) is 12.4 Å². The van der Waals surface area contributed by atoms with Crippen molar-refractivity contribution in [3.8, 4) is 0 Å². The molecule has 0 aromatic carbocycles. The molecule has 0 aliphatic heterocycles. The lowest BCUT2D eigenvalue weighted by Crippen LogP contribution is -1.79. The number of H-pyrrole nitrogens is 1. The smallest absolute Gasteiger partial charge is 0.151 e. The van der Waals surface area contributed by atoms with Gasteiger partial charge in [0.25, 0.3) is 0 Å². The Labute approximate surface area is 80.9 Å². The molecule has 0 unspecified atom stereocenters. The van der Waals surface area contributed by atoms with Crippen LogP contribution in [0.1, 0.15) is 0 Å². The van der Waals surface area contributed by atoms with E-state index in [-0.39, 0.29) is 5.82 Å². The van der Waals surface area contributed by atoms with E-state index in [1.54, 1.807) is 0 Å². The summed E-state index contributed by atoms with van der Waals surface area (Å²) in [6, 6.07) is 0. The molecule has 0 radical (unpaired) electrons. The molecule has 2 aromatic heterocycles. The minimum absolute atomic E-state index is 0.355. The second kappa shape index (κ2) is 2.71. The fourth-order valence-electron chi connectivity index (χ4n) is 0.997. The van der Waals surface area contributed by atoms with Gasteiger partial charge in [-0.05, 0) is 15.9 Å². The highest BCUT2D eigenvalue weighted by Crippen LogP contribution is 2.30. The lowest BCUT2D eigenvalue weighted by Gasteiger charge is -1.95. The van der Waals surface area contributed by atoms with Crippen molar-refractivity contribution in [1.82, 2.24) is 9.97 Å². The summed E-state index contributed by atoms with van der Waals surface area (Å²) in [7, 11) is 0. The monoisotopic (exact) mass is 248 g/mol. The first-order valence-corrected chi connectivity index (χ1v) is 4.34. The zero-order chi connectivity index (χ0) is 8.72. The molecule has 0 saturated carbocycles. The van der Waals surface area contributed by atoms with Crippen LogP contribution in [0.15, 0.2) is 16.9 Å². The van der Waals surface area contributed by atoms with Crippen molar-refractivity contribution in [3.63, 3.8) is 0 Å². The molecule has 0 aliphatic carbocycles. The molecule has 5 heteroatoms. The van der Waals surface area contributed by atoms with Crippen molar-refractivity contribution in [2.45, 2.75) is 0 Å². The molecule has 0 saturated heterocycles. The maximum absolute atomic E-state index is 13.0. The number of pyridine rings is 1. The van der Waals surface area contributed by atoms with E-state index in [1.807, 2.05) is 0 Å². The molecule has 0 fully saturated rings. The van der Waals surface area contributed by atoms with Gasteiger partial charge in [0.05, 0.1) is 14.9 Å². The summed E-state index contributed by atoms with van der Waals surface area (Å²) in [5, 5.41) is 0.795. The molecule has 0 spiro atoms. The molecule has 2 nitrogen and oxygen atoms in total. The SMILES string of the molecule is Fc1c[nH]c2ncc(Cl)c(Br)c12. The first-order valence-electron chi connectivity index (χ1n) is 3.16. The molecule has 0 aliphatic rings. The van der Waals surface area contributed by atoms with Crippen LogP contribution in [0.3, 0.4) is 0 Å². The summed E-state index contributed by atoms with van der Waals surface area (Å²) in [5.74, 6) is -0.355. The highest BCUT2D eigenvalue weighted by atomic mass is 79.9. The van der Waals surface area contributed by atoms with Gasteiger partial charge in [-0.2, -0.15) is 0 Å². The predicted molar refractivity (Wildman–Crippen MR) is 48.8 cm³/mol. The Morgan fingerprint density at radius 2 is 2.33 bits per heavy atom. The molecule has 0 atom stereocenters. The van der Waals surface area contributed by atoms with Gasteiger partial charge in [0.1, 0.15) is 5.65 Å². The molecule has 2 aromatic rings. The number of hydrogen-bond acceptors (Lipinski definition) is 1. The quantitative estimate of drug-likeness (QED) is 0.763. The molecule has 1 N–H and O–H groups in total. The summed E-state index contributed by atoms with van der Waals surface area (Å²) in [5.41, 5.74) is 0.490. The van der Waals surface area contributed by atoms with Crippen LogP contribution in [0.2, 0.25) is 5.02 Å². The van der Waals surface area contributed by atoms with E-state index in [1.165, 1.54) is 12.4 Å². The minimum Gasteiger partial charge on any atom is -0.343 e. The van der Waals surface area contributed by atoms with E-state index in [4.69, 9.17) is 11.6 Å². The van der Waals surface area contributed by atoms with Gasteiger partial charge in [-0.1, -0.05) is 11.6 Å². The van der Waals surface area contributed by atoms with Crippen molar-refractivity contribution < 1.29 is 4.39 Å². The second-order valence-corrected chi connectivity index (χ2v) is 3.48. The van der Waals surface area contributed by atoms with Crippen molar-refractivity contribution in [2.24, 2.45) is 0 Å². The molecular weight excluding hydrogens is 246 g/mol. The number of nitrogens with zero attached hydrogens (tertiary/aromatic N) is 1. The van der Waals surface area contributed by atoms with Gasteiger partial charge in [-0.15, -0.1) is 0 Å². The van der Waals surface area contributed by atoms with E-state index in [2.05, 4.69) is 25.9 Å². The second-order valence-electron chi connectivity index (χ2n) is 2.28. The largest absolute Gasteiger partial charge is 0.343 e. The molecule has 2 rings (SSSR count). The summed E-state index contributed by atoms with van der Waals surface area (Å²) in [4.78, 5) is 6.59. The third-order valence-corrected chi connectivity index (χ3v) is 2.89. The Kier molecular flexibility index (Phi) is 1.81. The van der Waals surface area contributed by atoms with Crippen LogP contribution in [-0.2, 0) is 0 Å². The number of fused-ring (bicyclic) bond motifs is 1. The van der Waals surface area contributed by atoms with Gasteiger partial charge in [-0.25, -0.2) is 9.37 Å². The first-order chi connectivity index (χ1) is 5.70. The zero-order valence-electron chi connectivity index (χ0n) is 5.74. The topological polar surface area (TPSA) is 28.7 Å². The van der Waals surface area contributed by atoms with Crippen LogP contribution >= 0.6 is 27.5 Å². The van der Waals surface area contributed by atoms with Gasteiger partial charge >= 0.3 is 0 Å². The third kappa shape index (κ3) is 1.03. The van der Waals surface area contributed by atoms with Crippen LogP contribution < -0.4 is 0 Å². The van der Waals surface area contributed by atoms with E-state index in [0.29, 0.717) is 20.5 Å². The Morgan fingerprint density at radius 1 is 1.58 bits per heavy atom. The minimum atomic E-state index is -0.355. The number of aromatic amines is 1. The number of aromatic nitrogens is 2. The van der Waals surface area contributed by atoms with E-state index < -0.39 is 0 Å². The highest BCUT2D eigenvalue weighted by Gasteiger charge is 2.10. The van der Waals surface area contributed by atoms with Crippen molar-refractivity contribution >= 4 is 38.6 Å². The Bertz CT molecular complexity index is 440. The molecule has 0 amide bonds. The molecule has 62 valence electrons. The molecular formula is C7H3BrClFN2. The van der Waals surface area contributed by atoms with Crippen molar-refractivity contribution in [3.05, 3.63) is 27.7 Å². The average molecular weight is 249 g/mol. The maximum Gasteiger partial charge on any atom is 0.151 e. The van der Waals surface area contributed by atoms with E-state index >= 15 is 0 Å². The number of rotatable bonds is 0. The lowest BCUT2D eigenvalue weighted by molar-refractivity contribution is 0.639. The summed E-state index contributed by atoms with van der Waals surface area (Å²) < 4.78 is 13.6. The van der Waals surface area contributed by atoms with Crippen LogP contribution in [0.5, 0.6) is 0 Å². The van der Waals surface area contributed by atoms with Crippen LogP contribution in [0.25, 0.3) is 11.0 Å². The van der Waals surface area contributed by atoms with E-state index in [0.717, 1.165) is 0 Å². The number of hydrogen-bond donors (Lipinski definition) is 1. The zero-order valence-corrected chi connectivity index (χ0v) is 8.08. The summed E-state index contributed by atoms with van der Waals surface area (Å²) >= 11 is 8.91. The summed E-state index contributed by atoms with van der Waals surface area (Å²) in [6.07, 6.45) is 2.71. The lowest BCUT2D eigenvalue weighted by atomic mass is 10.3. The summed E-state index contributed by atoms with van der Waals surface area (Å²) in [6.45, 7) is 0. The fraction of sp³-hybridized carbons (Fsp3) is 0. The van der Waals surface area contributed by atoms with Crippen molar-refractivity contribution in [1.29, 1.82) is 0 Å². The van der Waals surface area contributed by atoms with Crippen LogP contribution in [-0.4, -0.2) is 9.97 Å². The van der Waals surface area contributed by atoms with E-state index in [9.17, 15) is 4.39 Å². The maximum atomic E-state index is 13.0. The Hall–Kier alpha value is -0.610. The van der Waals surface area contributed by atoms with Gasteiger partial charge in [0.15, 0.2) is 5.82 Å². The van der Waals surface area contributed by atoms with Crippen molar-refractivity contribution in [2.75, 3.05) is 0 Å². The third-order valence-electron chi connectivity index (χ3n) is 1.55. The Morgan fingerprint density at radius 3 is 3.08 bits per heavy atom. The predicted octanol–water partition coefficient (Wildman–Crippen LogP) is 3.12. The molecule has 2 heterocycles. The highest BCUT2D eigenvalue weighted by molar-refractivity contribution is 9.10.